The summed E-state index contributed by atoms with van der Waals surface area (Å²) in [6, 6.07) is 12.1. The molecule has 0 saturated carbocycles. The molecule has 1 atom stereocenters. The molecule has 3 rings (SSSR count). The molecule has 0 aliphatic carbocycles. The van der Waals surface area contributed by atoms with Crippen LogP contribution >= 0.6 is 11.3 Å². The fraction of sp³-hybridized carbons (Fsp3) is 0.429. The zero-order valence-electron chi connectivity index (χ0n) is 15.6. The van der Waals surface area contributed by atoms with Crippen LogP contribution in [0.3, 0.4) is 0 Å². The topological polar surface area (TPSA) is 69.6 Å². The molecule has 2 amide bonds. The van der Waals surface area contributed by atoms with Crippen molar-refractivity contribution >= 4 is 23.3 Å². The van der Waals surface area contributed by atoms with E-state index in [-0.39, 0.29) is 18.0 Å². The predicted molar refractivity (Wildman–Crippen MR) is 107 cm³/mol. The second-order valence-corrected chi connectivity index (χ2v) is 7.97. The highest BCUT2D eigenvalue weighted by Crippen LogP contribution is 2.27. The molecule has 1 unspecified atom stereocenters. The molecule has 1 aliphatic rings. The molecule has 2 aromatic rings. The van der Waals surface area contributed by atoms with Crippen molar-refractivity contribution in [3.63, 3.8) is 0 Å². The van der Waals surface area contributed by atoms with E-state index in [0.717, 1.165) is 23.3 Å². The summed E-state index contributed by atoms with van der Waals surface area (Å²) in [4.78, 5) is 26.7. The molecule has 0 radical (unpaired) electrons. The first-order valence-electron chi connectivity index (χ1n) is 9.49. The minimum atomic E-state index is -0.765. The normalized spacial score (nSPS) is 16.1. The van der Waals surface area contributed by atoms with Gasteiger partial charge in [0, 0.05) is 18.0 Å². The van der Waals surface area contributed by atoms with Gasteiger partial charge in [-0.15, -0.1) is 11.3 Å². The number of benzene rings is 1. The van der Waals surface area contributed by atoms with E-state index in [0.29, 0.717) is 25.9 Å². The first-order chi connectivity index (χ1) is 13.1. The van der Waals surface area contributed by atoms with Gasteiger partial charge >= 0.3 is 12.0 Å². The monoisotopic (exact) mass is 386 g/mol. The van der Waals surface area contributed by atoms with Crippen molar-refractivity contribution < 1.29 is 14.7 Å². The number of aryl methyl sites for hydroxylation is 1. The van der Waals surface area contributed by atoms with Crippen molar-refractivity contribution in [2.75, 3.05) is 13.1 Å². The van der Waals surface area contributed by atoms with E-state index in [1.54, 1.807) is 16.2 Å². The van der Waals surface area contributed by atoms with Gasteiger partial charge in [-0.1, -0.05) is 43.7 Å². The summed E-state index contributed by atoms with van der Waals surface area (Å²) in [5.41, 5.74) is 2.36. The van der Waals surface area contributed by atoms with E-state index in [9.17, 15) is 9.59 Å². The number of rotatable bonds is 6. The zero-order valence-corrected chi connectivity index (χ0v) is 16.4. The lowest BCUT2D eigenvalue weighted by Gasteiger charge is -2.31. The summed E-state index contributed by atoms with van der Waals surface area (Å²) in [6.45, 7) is 3.13. The van der Waals surface area contributed by atoms with Crippen molar-refractivity contribution in [3.05, 3.63) is 57.8 Å². The van der Waals surface area contributed by atoms with Crippen LogP contribution in [-0.4, -0.2) is 35.1 Å². The molecule has 1 aromatic heterocycles. The smallest absolute Gasteiger partial charge is 0.318 e. The van der Waals surface area contributed by atoms with Crippen LogP contribution in [0.5, 0.6) is 0 Å². The maximum atomic E-state index is 12.8. The van der Waals surface area contributed by atoms with Crippen molar-refractivity contribution in [2.24, 2.45) is 5.92 Å². The minimum Gasteiger partial charge on any atom is -0.481 e. The first kappa shape index (κ1) is 19.4. The maximum absolute atomic E-state index is 12.8. The van der Waals surface area contributed by atoms with E-state index < -0.39 is 5.97 Å². The van der Waals surface area contributed by atoms with Crippen LogP contribution in [0.2, 0.25) is 0 Å². The summed E-state index contributed by atoms with van der Waals surface area (Å²) in [6.07, 6.45) is 3.18. The van der Waals surface area contributed by atoms with Crippen LogP contribution in [0.4, 0.5) is 4.79 Å². The van der Waals surface area contributed by atoms with Crippen LogP contribution < -0.4 is 5.32 Å². The van der Waals surface area contributed by atoms with Gasteiger partial charge in [-0.25, -0.2) is 4.79 Å². The third kappa shape index (κ3) is 4.89. The van der Waals surface area contributed by atoms with Crippen LogP contribution in [0.25, 0.3) is 0 Å². The number of amides is 2. The number of urea groups is 1. The third-order valence-corrected chi connectivity index (χ3v) is 6.02. The van der Waals surface area contributed by atoms with Gasteiger partial charge < -0.3 is 15.3 Å². The molecule has 2 N–H and O–H groups in total. The number of carboxylic acid groups (broad SMARTS) is 1. The van der Waals surface area contributed by atoms with Gasteiger partial charge in [0.25, 0.3) is 0 Å². The highest BCUT2D eigenvalue weighted by molar-refractivity contribution is 7.10. The molecular formula is C21H26N2O3S. The summed E-state index contributed by atoms with van der Waals surface area (Å²) in [5, 5.41) is 14.3. The van der Waals surface area contributed by atoms with E-state index in [4.69, 9.17) is 5.11 Å². The average molecular weight is 387 g/mol. The minimum absolute atomic E-state index is 0.130. The van der Waals surface area contributed by atoms with Crippen LogP contribution in [-0.2, 0) is 11.2 Å². The largest absolute Gasteiger partial charge is 0.481 e. The highest BCUT2D eigenvalue weighted by atomic mass is 32.1. The van der Waals surface area contributed by atoms with E-state index >= 15 is 0 Å². The third-order valence-electron chi connectivity index (χ3n) is 5.08. The van der Waals surface area contributed by atoms with Crippen LogP contribution in [0.15, 0.2) is 41.8 Å². The Kier molecular flexibility index (Phi) is 6.50. The molecule has 1 saturated heterocycles. The molecule has 5 nitrogen and oxygen atoms in total. The summed E-state index contributed by atoms with van der Waals surface area (Å²) >= 11 is 1.62. The molecule has 1 fully saturated rings. The Labute approximate surface area is 164 Å². The number of piperidine rings is 1. The molecule has 0 spiro atoms. The van der Waals surface area contributed by atoms with Gasteiger partial charge in [0.15, 0.2) is 0 Å². The summed E-state index contributed by atoms with van der Waals surface area (Å²) < 4.78 is 0. The number of carboxylic acids is 1. The van der Waals surface area contributed by atoms with E-state index in [1.807, 2.05) is 17.5 Å². The number of carbonyl (C=O) groups excluding carboxylic acids is 1. The second kappa shape index (κ2) is 9.04. The van der Waals surface area contributed by atoms with Gasteiger partial charge in [-0.3, -0.25) is 4.79 Å². The fourth-order valence-corrected chi connectivity index (χ4v) is 4.29. The fourth-order valence-electron chi connectivity index (χ4n) is 3.48. The molecule has 0 bridgehead atoms. The Balaban J connectivity index is 1.71. The molecule has 1 aliphatic heterocycles. The van der Waals surface area contributed by atoms with Gasteiger partial charge in [-0.2, -0.15) is 0 Å². The quantitative estimate of drug-likeness (QED) is 0.778. The standard InChI is InChI=1S/C21H26N2O3S/c1-2-4-15-6-8-16(9-7-15)19(18-5-3-14-27-18)22-21(26)23-12-10-17(11-13-23)20(24)25/h3,5-9,14,17,19H,2,4,10-13H2,1H3,(H,22,26)(H,24,25). The Morgan fingerprint density at radius 2 is 1.93 bits per heavy atom. The molecule has 27 heavy (non-hydrogen) atoms. The SMILES string of the molecule is CCCc1ccc(C(NC(=O)N2CCC(C(=O)O)CC2)c2cccs2)cc1. The zero-order chi connectivity index (χ0) is 19.2. The first-order valence-corrected chi connectivity index (χ1v) is 10.4. The van der Waals surface area contributed by atoms with Gasteiger partial charge in [0.05, 0.1) is 12.0 Å². The average Bonchev–Trinajstić information content (AvgIpc) is 3.21. The van der Waals surface area contributed by atoms with E-state index in [2.05, 4.69) is 36.5 Å². The summed E-state index contributed by atoms with van der Waals surface area (Å²) in [5.74, 6) is -1.10. The number of nitrogens with zero attached hydrogens (tertiary/aromatic N) is 1. The van der Waals surface area contributed by atoms with Crippen molar-refractivity contribution in [1.82, 2.24) is 10.2 Å². The predicted octanol–water partition coefficient (Wildman–Crippen LogP) is 4.30. The number of aliphatic carboxylic acids is 1. The number of thiophene rings is 1. The van der Waals surface area contributed by atoms with Gasteiger partial charge in [-0.05, 0) is 41.8 Å². The van der Waals surface area contributed by atoms with E-state index in [1.165, 1.54) is 5.56 Å². The Morgan fingerprint density at radius 1 is 1.22 bits per heavy atom. The molecule has 144 valence electrons. The van der Waals surface area contributed by atoms with Crippen LogP contribution in [0.1, 0.15) is 48.2 Å². The lowest BCUT2D eigenvalue weighted by molar-refractivity contribution is -0.143. The Hall–Kier alpha value is -2.34. The Morgan fingerprint density at radius 3 is 2.48 bits per heavy atom. The Bertz CT molecular complexity index is 750. The molecule has 6 heteroatoms. The number of carbonyl (C=O) groups is 2. The van der Waals surface area contributed by atoms with Gasteiger partial charge in [0.1, 0.15) is 0 Å². The molecule has 1 aromatic carbocycles. The maximum Gasteiger partial charge on any atom is 0.318 e. The number of hydrogen-bond acceptors (Lipinski definition) is 3. The second-order valence-electron chi connectivity index (χ2n) is 6.99. The summed E-state index contributed by atoms with van der Waals surface area (Å²) in [7, 11) is 0. The van der Waals surface area contributed by atoms with Gasteiger partial charge in [0.2, 0.25) is 0 Å². The number of nitrogens with one attached hydrogen (secondary N) is 1. The number of likely N-dealkylation sites (tertiary alicyclic amines) is 1. The van der Waals surface area contributed by atoms with Crippen molar-refractivity contribution in [2.45, 2.75) is 38.6 Å². The van der Waals surface area contributed by atoms with Crippen molar-refractivity contribution in [1.29, 1.82) is 0 Å². The lowest BCUT2D eigenvalue weighted by atomic mass is 9.97. The molecule has 2 heterocycles. The number of hydrogen-bond donors (Lipinski definition) is 2. The van der Waals surface area contributed by atoms with Crippen LogP contribution in [0, 0.1) is 5.92 Å². The lowest BCUT2D eigenvalue weighted by Crippen LogP contribution is -2.46. The highest BCUT2D eigenvalue weighted by Gasteiger charge is 2.28. The van der Waals surface area contributed by atoms with Crippen molar-refractivity contribution in [3.8, 4) is 0 Å². The molecular weight excluding hydrogens is 360 g/mol.